The quantitative estimate of drug-likeness (QED) is 0.440. The second kappa shape index (κ2) is 9.91. The Morgan fingerprint density at radius 1 is 1.14 bits per heavy atom. The van der Waals surface area contributed by atoms with Gasteiger partial charge in [-0.25, -0.2) is 4.98 Å². The second-order valence-corrected chi connectivity index (χ2v) is 8.03. The molecule has 0 bridgehead atoms. The van der Waals surface area contributed by atoms with E-state index in [0.29, 0.717) is 12.3 Å². The van der Waals surface area contributed by atoms with Crippen LogP contribution in [0.5, 0.6) is 0 Å². The average molecular weight is 411 g/mol. The van der Waals surface area contributed by atoms with Gasteiger partial charge in [0.25, 0.3) is 5.91 Å². The molecule has 2 heterocycles. The van der Waals surface area contributed by atoms with Crippen LogP contribution in [0.15, 0.2) is 53.7 Å². The topological polar surface area (TPSA) is 70.2 Å². The Hall–Kier alpha value is -2.35. The molecular weight excluding hydrogens is 384 g/mol. The fraction of sp³-hybridized carbons (Fsp3) is 0.364. The lowest BCUT2D eigenvalue weighted by Gasteiger charge is -2.26. The number of carbonyl (C=O) groups is 1. The number of ether oxygens (including phenoxy) is 1. The number of thioether (sulfide) groups is 1. The van der Waals surface area contributed by atoms with Crippen molar-refractivity contribution in [3.63, 3.8) is 0 Å². The molecule has 6 nitrogen and oxygen atoms in total. The monoisotopic (exact) mass is 410 g/mol. The molecule has 1 saturated heterocycles. The molecule has 152 valence electrons. The minimum atomic E-state index is -0.00668. The smallest absolute Gasteiger partial charge is 0.251 e. The third kappa shape index (κ3) is 5.38. The van der Waals surface area contributed by atoms with Gasteiger partial charge in [0.15, 0.2) is 5.16 Å². The summed E-state index contributed by atoms with van der Waals surface area (Å²) in [5.41, 5.74) is 3.74. The van der Waals surface area contributed by atoms with Crippen LogP contribution in [0, 0.1) is 0 Å². The fourth-order valence-electron chi connectivity index (χ4n) is 3.44. The van der Waals surface area contributed by atoms with Crippen molar-refractivity contribution in [1.82, 2.24) is 20.2 Å². The summed E-state index contributed by atoms with van der Waals surface area (Å²) in [4.78, 5) is 23.0. The molecular formula is C22H26N4O2S. The second-order valence-electron chi connectivity index (χ2n) is 7.07. The van der Waals surface area contributed by atoms with E-state index in [0.717, 1.165) is 66.6 Å². The Morgan fingerprint density at radius 3 is 2.79 bits per heavy atom. The van der Waals surface area contributed by atoms with E-state index >= 15 is 0 Å². The van der Waals surface area contributed by atoms with Gasteiger partial charge in [-0.15, -0.1) is 0 Å². The van der Waals surface area contributed by atoms with Crippen LogP contribution in [0.1, 0.15) is 22.3 Å². The molecule has 3 aromatic rings. The lowest BCUT2D eigenvalue weighted by atomic mass is 10.1. The van der Waals surface area contributed by atoms with E-state index < -0.39 is 0 Å². The van der Waals surface area contributed by atoms with Crippen LogP contribution in [0.25, 0.3) is 11.0 Å². The Labute approximate surface area is 175 Å². The Morgan fingerprint density at radius 2 is 1.93 bits per heavy atom. The van der Waals surface area contributed by atoms with Gasteiger partial charge in [0.05, 0.1) is 24.2 Å². The number of hydrogen-bond donors (Lipinski definition) is 2. The van der Waals surface area contributed by atoms with Crippen molar-refractivity contribution in [2.24, 2.45) is 0 Å². The first kappa shape index (κ1) is 19.9. The predicted molar refractivity (Wildman–Crippen MR) is 116 cm³/mol. The van der Waals surface area contributed by atoms with E-state index in [2.05, 4.69) is 20.2 Å². The Bertz CT molecular complexity index is 920. The molecule has 1 aliphatic rings. The molecule has 0 saturated carbocycles. The SMILES string of the molecule is O=C(NCCCN1CCOCC1)c1ccccc1CSc1nc2ccccc2[nH]1. The number of rotatable bonds is 8. The summed E-state index contributed by atoms with van der Waals surface area (Å²) in [5.74, 6) is 0.685. The zero-order chi connectivity index (χ0) is 19.9. The molecule has 1 aliphatic heterocycles. The normalized spacial score (nSPS) is 14.9. The van der Waals surface area contributed by atoms with Crippen LogP contribution in [-0.2, 0) is 10.5 Å². The number of para-hydroxylation sites is 2. The van der Waals surface area contributed by atoms with Gasteiger partial charge >= 0.3 is 0 Å². The molecule has 0 radical (unpaired) electrons. The van der Waals surface area contributed by atoms with E-state index in [1.54, 1.807) is 11.8 Å². The number of fused-ring (bicyclic) bond motifs is 1. The number of imidazole rings is 1. The number of H-pyrrole nitrogens is 1. The molecule has 0 spiro atoms. The van der Waals surface area contributed by atoms with Crippen LogP contribution < -0.4 is 5.32 Å². The van der Waals surface area contributed by atoms with Crippen molar-refractivity contribution in [1.29, 1.82) is 0 Å². The minimum absolute atomic E-state index is 0.00668. The Kier molecular flexibility index (Phi) is 6.82. The summed E-state index contributed by atoms with van der Waals surface area (Å²) < 4.78 is 5.37. The number of carbonyl (C=O) groups excluding carboxylic acids is 1. The summed E-state index contributed by atoms with van der Waals surface area (Å²) in [7, 11) is 0. The lowest BCUT2D eigenvalue weighted by Crippen LogP contribution is -2.38. The summed E-state index contributed by atoms with van der Waals surface area (Å²) in [6.45, 7) is 5.26. The number of nitrogens with zero attached hydrogens (tertiary/aromatic N) is 2. The molecule has 29 heavy (non-hydrogen) atoms. The largest absolute Gasteiger partial charge is 0.379 e. The maximum absolute atomic E-state index is 12.7. The maximum atomic E-state index is 12.7. The van der Waals surface area contributed by atoms with Gasteiger partial charge in [-0.2, -0.15) is 0 Å². The molecule has 1 fully saturated rings. The van der Waals surface area contributed by atoms with E-state index in [9.17, 15) is 4.79 Å². The predicted octanol–water partition coefficient (Wildman–Crippen LogP) is 3.31. The number of hydrogen-bond acceptors (Lipinski definition) is 5. The number of benzene rings is 2. The standard InChI is InChI=1S/C22H26N4O2S/c27-21(23-10-5-11-26-12-14-28-15-13-26)18-7-2-1-6-17(18)16-29-22-24-19-8-3-4-9-20(19)25-22/h1-4,6-9H,5,10-16H2,(H,23,27)(H,24,25). The van der Waals surface area contributed by atoms with Gasteiger partial charge in [-0.05, 0) is 36.7 Å². The van der Waals surface area contributed by atoms with Crippen LogP contribution in [-0.4, -0.2) is 60.2 Å². The molecule has 2 N–H and O–H groups in total. The number of nitrogens with one attached hydrogen (secondary N) is 2. The third-order valence-electron chi connectivity index (χ3n) is 5.03. The molecule has 0 atom stereocenters. The van der Waals surface area contributed by atoms with E-state index in [1.165, 1.54) is 0 Å². The number of aromatic amines is 1. The van der Waals surface area contributed by atoms with Gasteiger partial charge in [0, 0.05) is 31.0 Å². The maximum Gasteiger partial charge on any atom is 0.251 e. The first-order chi connectivity index (χ1) is 14.3. The molecule has 4 rings (SSSR count). The molecule has 0 unspecified atom stereocenters. The lowest BCUT2D eigenvalue weighted by molar-refractivity contribution is 0.0374. The zero-order valence-electron chi connectivity index (χ0n) is 16.4. The first-order valence-electron chi connectivity index (χ1n) is 10.0. The van der Waals surface area contributed by atoms with Crippen molar-refractivity contribution in [3.8, 4) is 0 Å². The summed E-state index contributed by atoms with van der Waals surface area (Å²) in [6, 6.07) is 15.8. The number of morpholine rings is 1. The van der Waals surface area contributed by atoms with Crippen LogP contribution in [0.2, 0.25) is 0 Å². The highest BCUT2D eigenvalue weighted by Gasteiger charge is 2.13. The molecule has 0 aliphatic carbocycles. The van der Waals surface area contributed by atoms with Gasteiger partial charge in [0.2, 0.25) is 0 Å². The van der Waals surface area contributed by atoms with Gasteiger partial charge in [-0.3, -0.25) is 9.69 Å². The van der Waals surface area contributed by atoms with E-state index in [4.69, 9.17) is 4.74 Å². The van der Waals surface area contributed by atoms with Crippen molar-refractivity contribution < 1.29 is 9.53 Å². The third-order valence-corrected chi connectivity index (χ3v) is 5.96. The van der Waals surface area contributed by atoms with E-state index in [-0.39, 0.29) is 5.91 Å². The minimum Gasteiger partial charge on any atom is -0.379 e. The zero-order valence-corrected chi connectivity index (χ0v) is 17.2. The summed E-state index contributed by atoms with van der Waals surface area (Å²) in [6.07, 6.45) is 0.946. The number of amides is 1. The van der Waals surface area contributed by atoms with E-state index in [1.807, 2.05) is 48.5 Å². The average Bonchev–Trinajstić information content (AvgIpc) is 3.19. The van der Waals surface area contributed by atoms with Crippen molar-refractivity contribution in [2.45, 2.75) is 17.3 Å². The first-order valence-corrected chi connectivity index (χ1v) is 11.0. The van der Waals surface area contributed by atoms with Crippen molar-refractivity contribution in [2.75, 3.05) is 39.4 Å². The van der Waals surface area contributed by atoms with Crippen LogP contribution in [0.3, 0.4) is 0 Å². The Balaban J connectivity index is 1.30. The van der Waals surface area contributed by atoms with Gasteiger partial charge in [-0.1, -0.05) is 42.1 Å². The van der Waals surface area contributed by atoms with Crippen molar-refractivity contribution >= 4 is 28.7 Å². The van der Waals surface area contributed by atoms with Crippen molar-refractivity contribution in [3.05, 3.63) is 59.7 Å². The van der Waals surface area contributed by atoms with Gasteiger partial charge in [0.1, 0.15) is 0 Å². The van der Waals surface area contributed by atoms with Crippen LogP contribution >= 0.6 is 11.8 Å². The van der Waals surface area contributed by atoms with Crippen LogP contribution in [0.4, 0.5) is 0 Å². The van der Waals surface area contributed by atoms with Gasteiger partial charge < -0.3 is 15.0 Å². The summed E-state index contributed by atoms with van der Waals surface area (Å²) in [5, 5.41) is 3.94. The highest BCUT2D eigenvalue weighted by atomic mass is 32.2. The highest BCUT2D eigenvalue weighted by molar-refractivity contribution is 7.98. The molecule has 1 aromatic heterocycles. The molecule has 1 amide bonds. The molecule has 2 aromatic carbocycles. The molecule has 7 heteroatoms. The highest BCUT2D eigenvalue weighted by Crippen LogP contribution is 2.24. The fourth-order valence-corrected chi connectivity index (χ4v) is 4.33. The number of aromatic nitrogens is 2. The summed E-state index contributed by atoms with van der Waals surface area (Å²) >= 11 is 1.61.